The number of amides is 1. The largest absolute Gasteiger partial charge is 0.383 e. The number of carbonyl (C=O) groups is 1. The van der Waals surface area contributed by atoms with Gasteiger partial charge in [-0.25, -0.2) is 0 Å². The summed E-state index contributed by atoms with van der Waals surface area (Å²) < 4.78 is 0. The molecule has 0 saturated carbocycles. The average molecular weight is 292 g/mol. The number of carbonyl (C=O) groups excluding carboxylic acids is 1. The molecule has 21 heavy (non-hydrogen) atoms. The van der Waals surface area contributed by atoms with Gasteiger partial charge in [0.2, 0.25) is 0 Å². The Morgan fingerprint density at radius 2 is 2.14 bits per heavy atom. The van der Waals surface area contributed by atoms with Crippen LogP contribution in [0.5, 0.6) is 0 Å². The van der Waals surface area contributed by atoms with Crippen LogP contribution in [0, 0.1) is 0 Å². The molecule has 1 aromatic rings. The van der Waals surface area contributed by atoms with Crippen LogP contribution in [0.3, 0.4) is 0 Å². The standard InChI is InChI=1S/C16H28N4O/c1-5-8-18-15-12-17-10-7-14(15)16(21)19-9-6-11-20(4)13(2)3/h7,10,12-13,18H,5-6,8-9,11H2,1-4H3,(H,19,21). The van der Waals surface area contributed by atoms with E-state index < -0.39 is 0 Å². The Morgan fingerprint density at radius 3 is 2.81 bits per heavy atom. The third kappa shape index (κ3) is 6.12. The molecule has 1 aromatic heterocycles. The van der Waals surface area contributed by atoms with Gasteiger partial charge in [-0.2, -0.15) is 0 Å². The van der Waals surface area contributed by atoms with Gasteiger partial charge in [0.15, 0.2) is 0 Å². The first-order valence-corrected chi connectivity index (χ1v) is 7.72. The molecule has 118 valence electrons. The SMILES string of the molecule is CCCNc1cnccc1C(=O)NCCCN(C)C(C)C. The fourth-order valence-electron chi connectivity index (χ4n) is 1.88. The molecule has 5 nitrogen and oxygen atoms in total. The van der Waals surface area contributed by atoms with Gasteiger partial charge in [-0.05, 0) is 46.3 Å². The molecule has 5 heteroatoms. The van der Waals surface area contributed by atoms with Crippen molar-refractivity contribution in [1.29, 1.82) is 0 Å². The highest BCUT2D eigenvalue weighted by molar-refractivity contribution is 5.99. The van der Waals surface area contributed by atoms with Gasteiger partial charge in [-0.1, -0.05) is 6.92 Å². The van der Waals surface area contributed by atoms with Gasteiger partial charge < -0.3 is 15.5 Å². The summed E-state index contributed by atoms with van der Waals surface area (Å²) in [5.74, 6) is -0.0387. The minimum absolute atomic E-state index is 0.0387. The van der Waals surface area contributed by atoms with E-state index in [-0.39, 0.29) is 5.91 Å². The summed E-state index contributed by atoms with van der Waals surface area (Å²) in [5, 5.41) is 6.21. The van der Waals surface area contributed by atoms with E-state index in [0.29, 0.717) is 18.2 Å². The van der Waals surface area contributed by atoms with Crippen molar-refractivity contribution in [2.45, 2.75) is 39.7 Å². The Balaban J connectivity index is 2.45. The van der Waals surface area contributed by atoms with E-state index >= 15 is 0 Å². The van der Waals surface area contributed by atoms with E-state index in [2.05, 4.69) is 48.3 Å². The maximum absolute atomic E-state index is 12.2. The van der Waals surface area contributed by atoms with E-state index in [0.717, 1.165) is 31.6 Å². The molecule has 0 atom stereocenters. The molecule has 1 amide bonds. The summed E-state index contributed by atoms with van der Waals surface area (Å²) in [6, 6.07) is 2.29. The number of anilines is 1. The summed E-state index contributed by atoms with van der Waals surface area (Å²) in [5.41, 5.74) is 1.46. The van der Waals surface area contributed by atoms with Crippen LogP contribution in [0.1, 0.15) is 44.0 Å². The van der Waals surface area contributed by atoms with Gasteiger partial charge in [0.1, 0.15) is 0 Å². The van der Waals surface area contributed by atoms with Crippen LogP contribution in [0.15, 0.2) is 18.5 Å². The van der Waals surface area contributed by atoms with Crippen molar-refractivity contribution in [3.8, 4) is 0 Å². The summed E-state index contributed by atoms with van der Waals surface area (Å²) >= 11 is 0. The van der Waals surface area contributed by atoms with Gasteiger partial charge in [-0.3, -0.25) is 9.78 Å². The highest BCUT2D eigenvalue weighted by Gasteiger charge is 2.10. The van der Waals surface area contributed by atoms with Gasteiger partial charge in [-0.15, -0.1) is 0 Å². The first-order valence-electron chi connectivity index (χ1n) is 7.72. The van der Waals surface area contributed by atoms with E-state index in [1.54, 1.807) is 18.5 Å². The van der Waals surface area contributed by atoms with Crippen LogP contribution < -0.4 is 10.6 Å². The van der Waals surface area contributed by atoms with Crippen LogP contribution in [0.4, 0.5) is 5.69 Å². The molecule has 0 radical (unpaired) electrons. The van der Waals surface area contributed by atoms with Crippen LogP contribution in [0.25, 0.3) is 0 Å². The molecule has 0 aliphatic heterocycles. The van der Waals surface area contributed by atoms with Crippen molar-refractivity contribution < 1.29 is 4.79 Å². The van der Waals surface area contributed by atoms with Crippen molar-refractivity contribution in [1.82, 2.24) is 15.2 Å². The van der Waals surface area contributed by atoms with Gasteiger partial charge in [0.05, 0.1) is 17.4 Å². The highest BCUT2D eigenvalue weighted by atomic mass is 16.1. The molecule has 0 aliphatic carbocycles. The highest BCUT2D eigenvalue weighted by Crippen LogP contribution is 2.13. The minimum atomic E-state index is -0.0387. The van der Waals surface area contributed by atoms with Gasteiger partial charge in [0, 0.05) is 25.3 Å². The normalized spacial score (nSPS) is 11.0. The molecule has 1 rings (SSSR count). The van der Waals surface area contributed by atoms with E-state index in [4.69, 9.17) is 0 Å². The fraction of sp³-hybridized carbons (Fsp3) is 0.625. The average Bonchev–Trinajstić information content (AvgIpc) is 2.49. The Hall–Kier alpha value is -1.62. The van der Waals surface area contributed by atoms with Gasteiger partial charge in [0.25, 0.3) is 5.91 Å². The second kappa shape index (κ2) is 9.34. The summed E-state index contributed by atoms with van der Waals surface area (Å²) in [4.78, 5) is 18.6. The third-order valence-corrected chi connectivity index (χ3v) is 3.49. The maximum Gasteiger partial charge on any atom is 0.253 e. The van der Waals surface area contributed by atoms with Crippen molar-refractivity contribution >= 4 is 11.6 Å². The van der Waals surface area contributed by atoms with Crippen LogP contribution in [-0.4, -0.2) is 48.5 Å². The quantitative estimate of drug-likeness (QED) is 0.686. The lowest BCUT2D eigenvalue weighted by Gasteiger charge is -2.20. The molecule has 0 unspecified atom stereocenters. The van der Waals surface area contributed by atoms with Crippen LogP contribution >= 0.6 is 0 Å². The van der Waals surface area contributed by atoms with Crippen LogP contribution in [-0.2, 0) is 0 Å². The lowest BCUT2D eigenvalue weighted by Crippen LogP contribution is -2.31. The molecule has 0 saturated heterocycles. The molecule has 2 N–H and O–H groups in total. The lowest BCUT2D eigenvalue weighted by molar-refractivity contribution is 0.0952. The number of nitrogens with one attached hydrogen (secondary N) is 2. The summed E-state index contributed by atoms with van der Waals surface area (Å²) in [6.07, 6.45) is 5.32. The molecule has 0 aliphatic rings. The number of aromatic nitrogens is 1. The number of hydrogen-bond donors (Lipinski definition) is 2. The topological polar surface area (TPSA) is 57.3 Å². The van der Waals surface area contributed by atoms with Crippen molar-refractivity contribution in [3.63, 3.8) is 0 Å². The monoisotopic (exact) mass is 292 g/mol. The lowest BCUT2D eigenvalue weighted by atomic mass is 10.2. The first kappa shape index (κ1) is 17.4. The number of rotatable bonds is 9. The number of hydrogen-bond acceptors (Lipinski definition) is 4. The number of pyridine rings is 1. The molecular weight excluding hydrogens is 264 g/mol. The molecular formula is C16H28N4O. The molecule has 0 bridgehead atoms. The van der Waals surface area contributed by atoms with E-state index in [1.165, 1.54) is 0 Å². The molecule has 0 aromatic carbocycles. The molecule has 0 spiro atoms. The number of nitrogens with zero attached hydrogens (tertiary/aromatic N) is 2. The van der Waals surface area contributed by atoms with E-state index in [1.807, 2.05) is 0 Å². The summed E-state index contributed by atoms with van der Waals surface area (Å²) in [7, 11) is 2.10. The Kier molecular flexibility index (Phi) is 7.75. The second-order valence-electron chi connectivity index (χ2n) is 5.53. The zero-order chi connectivity index (χ0) is 15.7. The Bertz CT molecular complexity index is 434. The van der Waals surface area contributed by atoms with Crippen molar-refractivity contribution in [2.75, 3.05) is 32.0 Å². The molecule has 0 fully saturated rings. The van der Waals surface area contributed by atoms with Crippen LogP contribution in [0.2, 0.25) is 0 Å². The first-order chi connectivity index (χ1) is 10.1. The maximum atomic E-state index is 12.2. The third-order valence-electron chi connectivity index (χ3n) is 3.49. The molecule has 1 heterocycles. The second-order valence-corrected chi connectivity index (χ2v) is 5.53. The Labute approximate surface area is 128 Å². The fourth-order valence-corrected chi connectivity index (χ4v) is 1.88. The smallest absolute Gasteiger partial charge is 0.253 e. The van der Waals surface area contributed by atoms with Gasteiger partial charge >= 0.3 is 0 Å². The Morgan fingerprint density at radius 1 is 1.38 bits per heavy atom. The predicted octanol–water partition coefficient (Wildman–Crippen LogP) is 2.36. The zero-order valence-corrected chi connectivity index (χ0v) is 13.6. The summed E-state index contributed by atoms with van der Waals surface area (Å²) in [6.45, 7) is 8.93. The van der Waals surface area contributed by atoms with E-state index in [9.17, 15) is 4.79 Å². The zero-order valence-electron chi connectivity index (χ0n) is 13.6. The van der Waals surface area contributed by atoms with Crippen molar-refractivity contribution in [2.24, 2.45) is 0 Å². The van der Waals surface area contributed by atoms with Crippen molar-refractivity contribution in [3.05, 3.63) is 24.0 Å². The minimum Gasteiger partial charge on any atom is -0.383 e. The predicted molar refractivity (Wildman–Crippen MR) is 87.7 cm³/mol.